The molecule has 1 N–H and O–H groups in total. The van der Waals surface area contributed by atoms with Gasteiger partial charge in [0.25, 0.3) is 5.91 Å². The van der Waals surface area contributed by atoms with Crippen LogP contribution in [0, 0.1) is 0 Å². The molecule has 2 aromatic rings. The normalized spacial score (nSPS) is 11.6. The zero-order chi connectivity index (χ0) is 16.8. The van der Waals surface area contributed by atoms with Gasteiger partial charge < -0.3 is 10.1 Å². The molecule has 0 aliphatic carbocycles. The molecule has 0 aliphatic rings. The summed E-state index contributed by atoms with van der Waals surface area (Å²) in [6.07, 6.45) is -0.786. The van der Waals surface area contributed by atoms with Crippen LogP contribution in [0.2, 0.25) is 5.02 Å². The largest absolute Gasteiger partial charge is 0.452 e. The maximum absolute atomic E-state index is 12.0. The molecule has 0 unspecified atom stereocenters. The fourth-order valence-electron chi connectivity index (χ4n) is 1.84. The van der Waals surface area contributed by atoms with Crippen LogP contribution in [0.25, 0.3) is 0 Å². The lowest BCUT2D eigenvalue weighted by Gasteiger charge is -2.13. The van der Waals surface area contributed by atoms with Crippen LogP contribution < -0.4 is 5.32 Å². The molecule has 0 heterocycles. The highest BCUT2D eigenvalue weighted by Gasteiger charge is 2.18. The maximum atomic E-state index is 12.0. The summed E-state index contributed by atoms with van der Waals surface area (Å²) in [6.45, 7) is 1.54. The molecule has 0 fully saturated rings. The van der Waals surface area contributed by atoms with Gasteiger partial charge in [-0.3, -0.25) is 9.59 Å². The number of amides is 1. The molecule has 0 saturated carbocycles. The van der Waals surface area contributed by atoms with Gasteiger partial charge in [0.15, 0.2) is 6.10 Å². The number of ether oxygens (including phenoxy) is 1. The second-order valence-electron chi connectivity index (χ2n) is 4.93. The Labute approximate surface area is 147 Å². The van der Waals surface area contributed by atoms with Crippen molar-refractivity contribution in [3.8, 4) is 0 Å². The standard InChI is InChI=1S/C17H15BrClNO3/c1-11(17(22)20-15-8-4-13(18)5-9-15)23-16(21)10-12-2-6-14(19)7-3-12/h2-9,11H,10H2,1H3,(H,20,22)/t11-/m1/s1. The van der Waals surface area contributed by atoms with E-state index in [1.54, 1.807) is 36.4 Å². The first-order valence-electron chi connectivity index (χ1n) is 6.94. The lowest BCUT2D eigenvalue weighted by Crippen LogP contribution is -2.30. The average molecular weight is 397 g/mol. The van der Waals surface area contributed by atoms with Gasteiger partial charge in [-0.05, 0) is 48.9 Å². The minimum absolute atomic E-state index is 0.0903. The van der Waals surface area contributed by atoms with E-state index in [9.17, 15) is 9.59 Å². The van der Waals surface area contributed by atoms with Crippen molar-refractivity contribution in [2.45, 2.75) is 19.4 Å². The first kappa shape index (κ1) is 17.5. The SMILES string of the molecule is C[C@@H](OC(=O)Cc1ccc(Cl)cc1)C(=O)Nc1ccc(Br)cc1. The van der Waals surface area contributed by atoms with E-state index in [0.29, 0.717) is 10.7 Å². The third kappa shape index (κ3) is 5.69. The third-order valence-corrected chi connectivity index (χ3v) is 3.83. The first-order valence-corrected chi connectivity index (χ1v) is 8.11. The molecular weight excluding hydrogens is 382 g/mol. The molecule has 0 radical (unpaired) electrons. The van der Waals surface area contributed by atoms with Crippen molar-refractivity contribution < 1.29 is 14.3 Å². The lowest BCUT2D eigenvalue weighted by atomic mass is 10.1. The minimum atomic E-state index is -0.876. The summed E-state index contributed by atoms with van der Waals surface area (Å²) < 4.78 is 6.06. The van der Waals surface area contributed by atoms with Crippen molar-refractivity contribution in [3.63, 3.8) is 0 Å². The fourth-order valence-corrected chi connectivity index (χ4v) is 2.23. The zero-order valence-corrected chi connectivity index (χ0v) is 14.7. The highest BCUT2D eigenvalue weighted by molar-refractivity contribution is 9.10. The van der Waals surface area contributed by atoms with Gasteiger partial charge in [-0.25, -0.2) is 0 Å². The van der Waals surface area contributed by atoms with E-state index in [0.717, 1.165) is 10.0 Å². The van der Waals surface area contributed by atoms with E-state index in [2.05, 4.69) is 21.2 Å². The van der Waals surface area contributed by atoms with Crippen molar-refractivity contribution >= 4 is 45.1 Å². The number of hydrogen-bond donors (Lipinski definition) is 1. The molecule has 2 rings (SSSR count). The molecule has 1 amide bonds. The Bertz CT molecular complexity index is 686. The molecular formula is C17H15BrClNO3. The summed E-state index contributed by atoms with van der Waals surface area (Å²) in [6, 6.07) is 14.0. The van der Waals surface area contributed by atoms with Crippen LogP contribution >= 0.6 is 27.5 Å². The lowest BCUT2D eigenvalue weighted by molar-refractivity contribution is -0.152. The number of nitrogens with one attached hydrogen (secondary N) is 1. The summed E-state index contributed by atoms with van der Waals surface area (Å²) >= 11 is 9.11. The van der Waals surface area contributed by atoms with E-state index < -0.39 is 12.1 Å². The van der Waals surface area contributed by atoms with Crippen LogP contribution in [-0.4, -0.2) is 18.0 Å². The number of benzene rings is 2. The van der Waals surface area contributed by atoms with Gasteiger partial charge in [0.2, 0.25) is 0 Å². The Morgan fingerprint density at radius 1 is 1.13 bits per heavy atom. The summed E-state index contributed by atoms with van der Waals surface area (Å²) in [7, 11) is 0. The van der Waals surface area contributed by atoms with E-state index in [1.807, 2.05) is 12.1 Å². The van der Waals surface area contributed by atoms with Gasteiger partial charge in [-0.15, -0.1) is 0 Å². The molecule has 0 bridgehead atoms. The topological polar surface area (TPSA) is 55.4 Å². The van der Waals surface area contributed by atoms with E-state index >= 15 is 0 Å². The Balaban J connectivity index is 1.86. The van der Waals surface area contributed by atoms with Crippen molar-refractivity contribution in [3.05, 3.63) is 63.6 Å². The number of anilines is 1. The van der Waals surface area contributed by atoms with Crippen molar-refractivity contribution in [2.75, 3.05) is 5.32 Å². The summed E-state index contributed by atoms with van der Waals surface area (Å²) in [4.78, 5) is 23.9. The fraction of sp³-hybridized carbons (Fsp3) is 0.176. The second-order valence-corrected chi connectivity index (χ2v) is 6.28. The third-order valence-electron chi connectivity index (χ3n) is 3.05. The van der Waals surface area contributed by atoms with Gasteiger partial charge in [-0.2, -0.15) is 0 Å². The van der Waals surface area contributed by atoms with Crippen molar-refractivity contribution in [1.29, 1.82) is 0 Å². The van der Waals surface area contributed by atoms with Crippen molar-refractivity contribution in [2.24, 2.45) is 0 Å². The number of rotatable bonds is 5. The van der Waals surface area contributed by atoms with E-state index in [1.165, 1.54) is 6.92 Å². The quantitative estimate of drug-likeness (QED) is 0.770. The second kappa shape index (κ2) is 8.13. The molecule has 120 valence electrons. The molecule has 0 spiro atoms. The van der Waals surface area contributed by atoms with Crippen LogP contribution in [0.4, 0.5) is 5.69 Å². The molecule has 2 aromatic carbocycles. The molecule has 0 aromatic heterocycles. The zero-order valence-electron chi connectivity index (χ0n) is 12.4. The Morgan fingerprint density at radius 3 is 2.35 bits per heavy atom. The number of esters is 1. The molecule has 4 nitrogen and oxygen atoms in total. The highest BCUT2D eigenvalue weighted by atomic mass is 79.9. The average Bonchev–Trinajstić information content (AvgIpc) is 2.51. The predicted octanol–water partition coefficient (Wildman–Crippen LogP) is 4.22. The monoisotopic (exact) mass is 395 g/mol. The van der Waals surface area contributed by atoms with Gasteiger partial charge in [0, 0.05) is 15.2 Å². The molecule has 1 atom stereocenters. The minimum Gasteiger partial charge on any atom is -0.452 e. The molecule has 0 aliphatic heterocycles. The van der Waals surface area contributed by atoms with Gasteiger partial charge in [0.1, 0.15) is 0 Å². The van der Waals surface area contributed by atoms with Crippen LogP contribution in [0.15, 0.2) is 53.0 Å². The molecule has 0 saturated heterocycles. The van der Waals surface area contributed by atoms with Gasteiger partial charge in [-0.1, -0.05) is 39.7 Å². The summed E-state index contributed by atoms with van der Waals surface area (Å²) in [5.74, 6) is -0.845. The predicted molar refractivity (Wildman–Crippen MR) is 93.5 cm³/mol. The summed E-state index contributed by atoms with van der Waals surface area (Å²) in [5.41, 5.74) is 1.42. The van der Waals surface area contributed by atoms with Crippen LogP contribution in [0.5, 0.6) is 0 Å². The highest BCUT2D eigenvalue weighted by Crippen LogP contribution is 2.15. The molecule has 6 heteroatoms. The number of halogens is 2. The Morgan fingerprint density at radius 2 is 1.74 bits per heavy atom. The number of carbonyl (C=O) groups is 2. The number of hydrogen-bond acceptors (Lipinski definition) is 3. The van der Waals surface area contributed by atoms with Crippen molar-refractivity contribution in [1.82, 2.24) is 0 Å². The van der Waals surface area contributed by atoms with E-state index in [4.69, 9.17) is 16.3 Å². The van der Waals surface area contributed by atoms with Crippen LogP contribution in [-0.2, 0) is 20.7 Å². The maximum Gasteiger partial charge on any atom is 0.311 e. The number of carbonyl (C=O) groups excluding carboxylic acids is 2. The Kier molecular flexibility index (Phi) is 6.19. The van der Waals surface area contributed by atoms with Gasteiger partial charge in [0.05, 0.1) is 6.42 Å². The first-order chi connectivity index (χ1) is 10.9. The Hall–Kier alpha value is -1.85. The van der Waals surface area contributed by atoms with Crippen LogP contribution in [0.3, 0.4) is 0 Å². The van der Waals surface area contributed by atoms with Crippen LogP contribution in [0.1, 0.15) is 12.5 Å². The smallest absolute Gasteiger partial charge is 0.311 e. The van der Waals surface area contributed by atoms with Gasteiger partial charge >= 0.3 is 5.97 Å². The summed E-state index contributed by atoms with van der Waals surface area (Å²) in [5, 5.41) is 3.29. The van der Waals surface area contributed by atoms with E-state index in [-0.39, 0.29) is 12.3 Å². The molecule has 23 heavy (non-hydrogen) atoms.